The summed E-state index contributed by atoms with van der Waals surface area (Å²) in [5.74, 6) is 0. The molecule has 1 heterocycles. The average Bonchev–Trinajstić information content (AvgIpc) is 2.59. The van der Waals surface area contributed by atoms with Crippen LogP contribution < -0.4 is 0 Å². The lowest BCUT2D eigenvalue weighted by Crippen LogP contribution is -1.96. The Bertz CT molecular complexity index is 525. The van der Waals surface area contributed by atoms with Crippen molar-refractivity contribution in [2.24, 2.45) is 0 Å². The number of rotatable bonds is 2. The predicted octanol–water partition coefficient (Wildman–Crippen LogP) is 3.57. The zero-order valence-corrected chi connectivity index (χ0v) is 10.3. The highest BCUT2D eigenvalue weighted by Crippen LogP contribution is 2.19. The summed E-state index contributed by atoms with van der Waals surface area (Å²) in [5, 5.41) is 0. The molecule has 0 amide bonds. The van der Waals surface area contributed by atoms with E-state index in [2.05, 4.69) is 35.5 Å². The average molecular weight is 236 g/mol. The van der Waals surface area contributed by atoms with Crippen LogP contribution >= 0.6 is 24.0 Å². The molecule has 4 heteroatoms. The van der Waals surface area contributed by atoms with E-state index in [1.165, 1.54) is 4.90 Å². The van der Waals surface area contributed by atoms with Crippen molar-refractivity contribution >= 4 is 24.0 Å². The molecule has 0 radical (unpaired) electrons. The standard InChI is InChI=1S/C11H12N2S2/c1-8-7-12-11(14)13(8)9-4-3-5-10(6-9)15-2/h3-7H,1-2H3,(H,12,14). The van der Waals surface area contributed by atoms with E-state index >= 15 is 0 Å². The Morgan fingerprint density at radius 2 is 2.20 bits per heavy atom. The number of thioether (sulfide) groups is 1. The Labute approximate surface area is 98.3 Å². The molecular formula is C11H12N2S2. The van der Waals surface area contributed by atoms with Crippen LogP contribution in [0.4, 0.5) is 0 Å². The van der Waals surface area contributed by atoms with E-state index in [1.807, 2.05) is 17.7 Å². The SMILES string of the molecule is CSc1cccc(-n2c(C)c[nH]c2=S)c1. The molecule has 0 unspecified atom stereocenters. The fourth-order valence-electron chi connectivity index (χ4n) is 1.53. The van der Waals surface area contributed by atoms with Crippen LogP contribution in [-0.2, 0) is 0 Å². The van der Waals surface area contributed by atoms with Crippen molar-refractivity contribution in [2.75, 3.05) is 6.26 Å². The number of nitrogens with zero attached hydrogens (tertiary/aromatic N) is 1. The van der Waals surface area contributed by atoms with Gasteiger partial charge in [0.2, 0.25) is 0 Å². The molecule has 15 heavy (non-hydrogen) atoms. The van der Waals surface area contributed by atoms with Crippen molar-refractivity contribution < 1.29 is 0 Å². The van der Waals surface area contributed by atoms with Crippen LogP contribution in [0, 0.1) is 11.7 Å². The largest absolute Gasteiger partial charge is 0.337 e. The van der Waals surface area contributed by atoms with E-state index in [4.69, 9.17) is 12.2 Å². The van der Waals surface area contributed by atoms with E-state index in [1.54, 1.807) is 11.8 Å². The summed E-state index contributed by atoms with van der Waals surface area (Å²) in [6, 6.07) is 8.35. The number of imidazole rings is 1. The molecule has 2 nitrogen and oxygen atoms in total. The molecular weight excluding hydrogens is 224 g/mol. The van der Waals surface area contributed by atoms with Gasteiger partial charge in [0, 0.05) is 22.5 Å². The van der Waals surface area contributed by atoms with Crippen molar-refractivity contribution in [3.8, 4) is 5.69 Å². The monoisotopic (exact) mass is 236 g/mol. The molecule has 0 saturated heterocycles. The van der Waals surface area contributed by atoms with E-state index in [9.17, 15) is 0 Å². The number of aromatic amines is 1. The number of aromatic nitrogens is 2. The van der Waals surface area contributed by atoms with Crippen molar-refractivity contribution in [3.63, 3.8) is 0 Å². The second-order valence-corrected chi connectivity index (χ2v) is 4.54. The minimum atomic E-state index is 0.741. The first-order chi connectivity index (χ1) is 7.22. The van der Waals surface area contributed by atoms with Gasteiger partial charge in [-0.2, -0.15) is 0 Å². The van der Waals surface area contributed by atoms with Crippen LogP contribution in [0.5, 0.6) is 0 Å². The van der Waals surface area contributed by atoms with Gasteiger partial charge in [-0.05, 0) is 43.6 Å². The summed E-state index contributed by atoms with van der Waals surface area (Å²) < 4.78 is 2.78. The Morgan fingerprint density at radius 1 is 1.40 bits per heavy atom. The molecule has 0 spiro atoms. The van der Waals surface area contributed by atoms with Crippen LogP contribution in [0.1, 0.15) is 5.69 Å². The summed E-state index contributed by atoms with van der Waals surface area (Å²) in [6.45, 7) is 2.04. The smallest absolute Gasteiger partial charge is 0.182 e. The maximum atomic E-state index is 5.23. The molecule has 0 aliphatic heterocycles. The third-order valence-corrected chi connectivity index (χ3v) is 3.30. The Morgan fingerprint density at radius 3 is 2.80 bits per heavy atom. The first-order valence-corrected chi connectivity index (χ1v) is 6.27. The maximum absolute atomic E-state index is 5.23. The van der Waals surface area contributed by atoms with Gasteiger partial charge < -0.3 is 4.98 Å². The Balaban J connectivity index is 2.59. The van der Waals surface area contributed by atoms with Crippen molar-refractivity contribution in [1.82, 2.24) is 9.55 Å². The summed E-state index contributed by atoms with van der Waals surface area (Å²) in [4.78, 5) is 4.29. The van der Waals surface area contributed by atoms with E-state index in [-0.39, 0.29) is 0 Å². The molecule has 0 atom stereocenters. The van der Waals surface area contributed by atoms with Gasteiger partial charge in [-0.3, -0.25) is 4.57 Å². The van der Waals surface area contributed by atoms with Gasteiger partial charge in [-0.25, -0.2) is 0 Å². The van der Waals surface area contributed by atoms with E-state index in [0.717, 1.165) is 16.2 Å². The number of hydrogen-bond donors (Lipinski definition) is 1. The molecule has 2 rings (SSSR count). The highest BCUT2D eigenvalue weighted by Gasteiger charge is 2.02. The number of hydrogen-bond acceptors (Lipinski definition) is 2. The lowest BCUT2D eigenvalue weighted by Gasteiger charge is -2.06. The summed E-state index contributed by atoms with van der Waals surface area (Å²) in [5.41, 5.74) is 2.24. The first kappa shape index (κ1) is 10.5. The number of aryl methyl sites for hydroxylation is 1. The summed E-state index contributed by atoms with van der Waals surface area (Å²) >= 11 is 6.97. The zero-order valence-electron chi connectivity index (χ0n) is 8.65. The molecule has 0 saturated carbocycles. The number of H-pyrrole nitrogens is 1. The predicted molar refractivity (Wildman–Crippen MR) is 67.5 cm³/mol. The van der Waals surface area contributed by atoms with Gasteiger partial charge >= 0.3 is 0 Å². The topological polar surface area (TPSA) is 20.7 Å². The van der Waals surface area contributed by atoms with Crippen LogP contribution in [0.15, 0.2) is 35.4 Å². The van der Waals surface area contributed by atoms with E-state index < -0.39 is 0 Å². The fraction of sp³-hybridized carbons (Fsp3) is 0.182. The van der Waals surface area contributed by atoms with E-state index in [0.29, 0.717) is 0 Å². The zero-order chi connectivity index (χ0) is 10.8. The quantitative estimate of drug-likeness (QED) is 0.635. The maximum Gasteiger partial charge on any atom is 0.182 e. The molecule has 1 N–H and O–H groups in total. The lowest BCUT2D eigenvalue weighted by atomic mass is 10.3. The van der Waals surface area contributed by atoms with Gasteiger partial charge in [0.1, 0.15) is 0 Å². The Hall–Kier alpha value is -1.000. The van der Waals surface area contributed by atoms with Crippen molar-refractivity contribution in [2.45, 2.75) is 11.8 Å². The van der Waals surface area contributed by atoms with Gasteiger partial charge in [0.15, 0.2) is 4.77 Å². The number of nitrogens with one attached hydrogen (secondary N) is 1. The van der Waals surface area contributed by atoms with Crippen LogP contribution in [0.2, 0.25) is 0 Å². The van der Waals surface area contributed by atoms with Crippen LogP contribution in [-0.4, -0.2) is 15.8 Å². The normalized spacial score (nSPS) is 10.5. The van der Waals surface area contributed by atoms with Gasteiger partial charge in [0.05, 0.1) is 0 Å². The lowest BCUT2D eigenvalue weighted by molar-refractivity contribution is 0.979. The first-order valence-electron chi connectivity index (χ1n) is 4.64. The van der Waals surface area contributed by atoms with Crippen LogP contribution in [0.25, 0.3) is 5.69 Å². The molecule has 0 bridgehead atoms. The molecule has 1 aromatic carbocycles. The second kappa shape index (κ2) is 4.24. The second-order valence-electron chi connectivity index (χ2n) is 3.27. The van der Waals surface area contributed by atoms with Crippen molar-refractivity contribution in [3.05, 3.63) is 40.9 Å². The molecule has 0 fully saturated rings. The highest BCUT2D eigenvalue weighted by molar-refractivity contribution is 7.98. The van der Waals surface area contributed by atoms with Gasteiger partial charge in [0.25, 0.3) is 0 Å². The molecule has 0 aliphatic carbocycles. The molecule has 2 aromatic rings. The summed E-state index contributed by atoms with van der Waals surface area (Å²) in [7, 11) is 0. The summed E-state index contributed by atoms with van der Waals surface area (Å²) in [6.07, 6.45) is 4.00. The minimum absolute atomic E-state index is 0.741. The van der Waals surface area contributed by atoms with Crippen molar-refractivity contribution in [1.29, 1.82) is 0 Å². The van der Waals surface area contributed by atoms with Gasteiger partial charge in [-0.15, -0.1) is 11.8 Å². The number of benzene rings is 1. The molecule has 78 valence electrons. The fourth-order valence-corrected chi connectivity index (χ4v) is 2.29. The molecule has 1 aromatic heterocycles. The Kier molecular flexibility index (Phi) is 2.98. The molecule has 0 aliphatic rings. The van der Waals surface area contributed by atoms with Crippen LogP contribution in [0.3, 0.4) is 0 Å². The third kappa shape index (κ3) is 2.01. The highest BCUT2D eigenvalue weighted by atomic mass is 32.2. The minimum Gasteiger partial charge on any atom is -0.337 e. The van der Waals surface area contributed by atoms with Gasteiger partial charge in [-0.1, -0.05) is 6.07 Å². The third-order valence-electron chi connectivity index (χ3n) is 2.27.